The van der Waals surface area contributed by atoms with Gasteiger partial charge in [-0.1, -0.05) is 56.6 Å². The van der Waals surface area contributed by atoms with Crippen molar-refractivity contribution in [2.24, 2.45) is 5.92 Å². The summed E-state index contributed by atoms with van der Waals surface area (Å²) in [6.07, 6.45) is 0.364. The lowest BCUT2D eigenvalue weighted by molar-refractivity contribution is 0.0980. The van der Waals surface area contributed by atoms with Crippen LogP contribution in [0.25, 0.3) is 5.69 Å². The first-order chi connectivity index (χ1) is 14.9. The number of ether oxygens (including phenoxy) is 1. The summed E-state index contributed by atoms with van der Waals surface area (Å²) in [5, 5.41) is 15.7. The maximum absolute atomic E-state index is 10.3. The van der Waals surface area contributed by atoms with Gasteiger partial charge in [0.25, 0.3) is 0 Å². The van der Waals surface area contributed by atoms with Gasteiger partial charge in [0.1, 0.15) is 5.75 Å². The Bertz CT molecular complexity index is 972. The van der Waals surface area contributed by atoms with E-state index in [1.807, 2.05) is 73.1 Å². The Balaban J connectivity index is 2.03. The Hall–Kier alpha value is -2.34. The number of aromatic nitrogens is 2. The highest BCUT2D eigenvalue weighted by molar-refractivity contribution is 6.30. The zero-order valence-electron chi connectivity index (χ0n) is 18.8. The fraction of sp³-hybridized carbons (Fsp3) is 0.400. The second-order valence-electron chi connectivity index (χ2n) is 8.33. The van der Waals surface area contributed by atoms with Crippen molar-refractivity contribution >= 4 is 11.6 Å². The molecule has 0 aliphatic heterocycles. The molecule has 0 radical (unpaired) electrons. The van der Waals surface area contributed by atoms with Crippen molar-refractivity contribution in [1.82, 2.24) is 14.7 Å². The maximum atomic E-state index is 10.3. The smallest absolute Gasteiger partial charge is 0.227 e. The Kier molecular flexibility index (Phi) is 8.13. The van der Waals surface area contributed by atoms with Crippen LogP contribution in [0, 0.1) is 12.8 Å². The van der Waals surface area contributed by atoms with Crippen molar-refractivity contribution in [3.8, 4) is 17.3 Å². The van der Waals surface area contributed by atoms with E-state index < -0.39 is 0 Å². The molecule has 0 saturated heterocycles. The van der Waals surface area contributed by atoms with Crippen LogP contribution < -0.4 is 4.74 Å². The monoisotopic (exact) mass is 441 g/mol. The van der Waals surface area contributed by atoms with Gasteiger partial charge in [-0.15, -0.1) is 0 Å². The van der Waals surface area contributed by atoms with E-state index in [-0.39, 0.29) is 6.10 Å². The minimum absolute atomic E-state index is 0.361. The third kappa shape index (κ3) is 6.33. The van der Waals surface area contributed by atoms with Crippen molar-refractivity contribution in [3.63, 3.8) is 0 Å². The van der Waals surface area contributed by atoms with Gasteiger partial charge in [0, 0.05) is 24.7 Å². The molecule has 6 heteroatoms. The molecule has 1 heterocycles. The van der Waals surface area contributed by atoms with Crippen molar-refractivity contribution < 1.29 is 9.84 Å². The van der Waals surface area contributed by atoms with Crippen LogP contribution in [0.1, 0.15) is 38.4 Å². The Morgan fingerprint density at radius 3 is 2.48 bits per heavy atom. The first-order valence-corrected chi connectivity index (χ1v) is 11.2. The van der Waals surface area contributed by atoms with E-state index in [2.05, 4.69) is 18.7 Å². The molecule has 0 bridgehead atoms. The van der Waals surface area contributed by atoms with Crippen molar-refractivity contribution in [2.45, 2.75) is 46.8 Å². The average Bonchev–Trinajstić information content (AvgIpc) is 3.03. The van der Waals surface area contributed by atoms with Gasteiger partial charge in [-0.05, 0) is 49.6 Å². The molecule has 166 valence electrons. The molecule has 0 saturated carbocycles. The number of hydrogen-bond donors (Lipinski definition) is 1. The molecule has 0 aliphatic carbocycles. The van der Waals surface area contributed by atoms with Gasteiger partial charge in [0.15, 0.2) is 0 Å². The Labute approximate surface area is 190 Å². The van der Waals surface area contributed by atoms with E-state index in [1.54, 1.807) is 0 Å². The minimum Gasteiger partial charge on any atom is -0.439 e. The number of aryl methyl sites for hydroxylation is 1. The predicted octanol–water partition coefficient (Wildman–Crippen LogP) is 5.86. The molecule has 5 nitrogen and oxygen atoms in total. The maximum Gasteiger partial charge on any atom is 0.227 e. The normalized spacial score (nSPS) is 12.5. The van der Waals surface area contributed by atoms with Gasteiger partial charge in [-0.3, -0.25) is 4.90 Å². The fourth-order valence-electron chi connectivity index (χ4n) is 3.58. The summed E-state index contributed by atoms with van der Waals surface area (Å²) in [5.74, 6) is 1.90. The number of halogens is 1. The van der Waals surface area contributed by atoms with Crippen LogP contribution in [0.4, 0.5) is 0 Å². The van der Waals surface area contributed by atoms with Crippen LogP contribution in [0.3, 0.4) is 0 Å². The Morgan fingerprint density at radius 1 is 1.10 bits per heavy atom. The second-order valence-corrected chi connectivity index (χ2v) is 8.76. The van der Waals surface area contributed by atoms with Gasteiger partial charge in [0.05, 0.1) is 23.0 Å². The standard InChI is InChI=1S/C25H32ClN3O2/c1-5-22(30)16-28(15-18(2)3)17-24-19(4)27-29(21-11-9-10-20(26)14-21)25(24)31-23-12-7-6-8-13-23/h6-14,18,22,30H,5,15-17H2,1-4H3/t22-/m0/s1. The summed E-state index contributed by atoms with van der Waals surface area (Å²) >= 11 is 6.25. The predicted molar refractivity (Wildman–Crippen MR) is 126 cm³/mol. The molecular formula is C25H32ClN3O2. The number of nitrogens with zero attached hydrogens (tertiary/aromatic N) is 3. The molecular weight excluding hydrogens is 410 g/mol. The summed E-state index contributed by atoms with van der Waals surface area (Å²) in [6, 6.07) is 17.3. The Morgan fingerprint density at radius 2 is 1.84 bits per heavy atom. The number of hydrogen-bond acceptors (Lipinski definition) is 4. The summed E-state index contributed by atoms with van der Waals surface area (Å²) in [6.45, 7) is 10.5. The van der Waals surface area contributed by atoms with Crippen LogP contribution in [0.5, 0.6) is 11.6 Å². The number of aliphatic hydroxyl groups is 1. The van der Waals surface area contributed by atoms with Crippen LogP contribution >= 0.6 is 11.6 Å². The molecule has 31 heavy (non-hydrogen) atoms. The van der Waals surface area contributed by atoms with E-state index >= 15 is 0 Å². The molecule has 2 aromatic carbocycles. The molecule has 0 aliphatic rings. The van der Waals surface area contributed by atoms with Crippen LogP contribution in [0.15, 0.2) is 54.6 Å². The summed E-state index contributed by atoms with van der Waals surface area (Å²) in [7, 11) is 0. The lowest BCUT2D eigenvalue weighted by Crippen LogP contribution is -2.34. The van der Waals surface area contributed by atoms with Gasteiger partial charge in [-0.2, -0.15) is 5.10 Å². The molecule has 1 N–H and O–H groups in total. The number of rotatable bonds is 10. The highest BCUT2D eigenvalue weighted by Gasteiger charge is 2.23. The third-order valence-electron chi connectivity index (χ3n) is 5.09. The highest BCUT2D eigenvalue weighted by Crippen LogP contribution is 2.32. The van der Waals surface area contributed by atoms with Gasteiger partial charge < -0.3 is 9.84 Å². The summed E-state index contributed by atoms with van der Waals surface area (Å²) in [5.41, 5.74) is 2.75. The summed E-state index contributed by atoms with van der Waals surface area (Å²) in [4.78, 5) is 2.28. The average molecular weight is 442 g/mol. The zero-order valence-corrected chi connectivity index (χ0v) is 19.5. The van der Waals surface area contributed by atoms with E-state index in [1.165, 1.54) is 0 Å². The lowest BCUT2D eigenvalue weighted by Gasteiger charge is -2.26. The minimum atomic E-state index is -0.361. The first kappa shape index (κ1) is 23.3. The topological polar surface area (TPSA) is 50.5 Å². The molecule has 0 spiro atoms. The lowest BCUT2D eigenvalue weighted by atomic mass is 10.1. The summed E-state index contributed by atoms with van der Waals surface area (Å²) < 4.78 is 8.17. The van der Waals surface area contributed by atoms with Crippen LogP contribution in [-0.4, -0.2) is 39.0 Å². The first-order valence-electron chi connectivity index (χ1n) is 10.8. The number of benzene rings is 2. The second kappa shape index (κ2) is 10.8. The van der Waals surface area contributed by atoms with E-state index in [0.29, 0.717) is 29.9 Å². The zero-order chi connectivity index (χ0) is 22.4. The molecule has 0 fully saturated rings. The molecule has 3 rings (SSSR count). The van der Waals surface area contributed by atoms with E-state index in [0.717, 1.165) is 35.7 Å². The van der Waals surface area contributed by atoms with Crippen molar-refractivity contribution in [3.05, 3.63) is 70.9 Å². The van der Waals surface area contributed by atoms with Crippen LogP contribution in [0.2, 0.25) is 5.02 Å². The molecule has 0 unspecified atom stereocenters. The van der Waals surface area contributed by atoms with E-state index in [4.69, 9.17) is 21.4 Å². The van der Waals surface area contributed by atoms with Crippen LogP contribution in [-0.2, 0) is 6.54 Å². The van der Waals surface area contributed by atoms with E-state index in [9.17, 15) is 5.11 Å². The third-order valence-corrected chi connectivity index (χ3v) is 5.33. The SMILES string of the molecule is CC[C@H](O)CN(Cc1c(C)nn(-c2cccc(Cl)c2)c1Oc1ccccc1)CC(C)C. The molecule has 0 amide bonds. The fourth-order valence-corrected chi connectivity index (χ4v) is 3.76. The quantitative estimate of drug-likeness (QED) is 0.428. The molecule has 1 aromatic heterocycles. The number of aliphatic hydroxyl groups excluding tert-OH is 1. The largest absolute Gasteiger partial charge is 0.439 e. The van der Waals surface area contributed by atoms with Gasteiger partial charge in [-0.25, -0.2) is 4.68 Å². The van der Waals surface area contributed by atoms with Gasteiger partial charge in [0.2, 0.25) is 5.88 Å². The highest BCUT2D eigenvalue weighted by atomic mass is 35.5. The van der Waals surface area contributed by atoms with Gasteiger partial charge >= 0.3 is 0 Å². The van der Waals surface area contributed by atoms with Crippen molar-refractivity contribution in [2.75, 3.05) is 13.1 Å². The van der Waals surface area contributed by atoms with Crippen molar-refractivity contribution in [1.29, 1.82) is 0 Å². The number of para-hydroxylation sites is 1. The molecule has 3 aromatic rings. The molecule has 1 atom stereocenters.